The van der Waals surface area contributed by atoms with Gasteiger partial charge >= 0.3 is 0 Å². The lowest BCUT2D eigenvalue weighted by Gasteiger charge is -2.06. The largest absolute Gasteiger partial charge is 0.496 e. The van der Waals surface area contributed by atoms with Gasteiger partial charge in [-0.25, -0.2) is 0 Å². The molecule has 0 aliphatic carbocycles. The smallest absolute Gasteiger partial charge is 0.269 e. The maximum atomic E-state index is 11.3. The molecule has 0 saturated heterocycles. The molecular weight excluding hydrogens is 210 g/mol. The van der Waals surface area contributed by atoms with E-state index in [-0.39, 0.29) is 17.9 Å². The van der Waals surface area contributed by atoms with Crippen LogP contribution >= 0.6 is 0 Å². The number of methoxy groups -OCH3 is 1. The van der Waals surface area contributed by atoms with Crippen LogP contribution in [-0.2, 0) is 11.2 Å². The number of hydrogen-bond donors (Lipinski definition) is 0. The van der Waals surface area contributed by atoms with Gasteiger partial charge in [0.25, 0.3) is 5.69 Å². The molecule has 5 heteroatoms. The number of carbonyl (C=O) groups excluding carboxylic acids is 1. The molecule has 0 aliphatic heterocycles. The van der Waals surface area contributed by atoms with Crippen molar-refractivity contribution in [3.05, 3.63) is 33.9 Å². The van der Waals surface area contributed by atoms with Crippen molar-refractivity contribution in [2.75, 3.05) is 7.11 Å². The van der Waals surface area contributed by atoms with Crippen LogP contribution in [0.2, 0.25) is 0 Å². The van der Waals surface area contributed by atoms with Crippen LogP contribution in [0.25, 0.3) is 0 Å². The molecule has 0 aliphatic rings. The monoisotopic (exact) mass is 223 g/mol. The quantitative estimate of drug-likeness (QED) is 0.566. The fraction of sp³-hybridized carbons (Fsp3) is 0.364. The lowest BCUT2D eigenvalue weighted by atomic mass is 10.1. The second-order valence-corrected chi connectivity index (χ2v) is 3.32. The van der Waals surface area contributed by atoms with Crippen molar-refractivity contribution in [3.8, 4) is 5.75 Å². The van der Waals surface area contributed by atoms with Crippen LogP contribution in [0.4, 0.5) is 5.69 Å². The number of benzene rings is 1. The van der Waals surface area contributed by atoms with Gasteiger partial charge in [-0.3, -0.25) is 14.9 Å². The number of carbonyl (C=O) groups is 1. The second-order valence-electron chi connectivity index (χ2n) is 3.32. The molecule has 0 N–H and O–H groups in total. The molecule has 16 heavy (non-hydrogen) atoms. The van der Waals surface area contributed by atoms with E-state index in [1.54, 1.807) is 6.92 Å². The highest BCUT2D eigenvalue weighted by atomic mass is 16.6. The molecule has 0 amide bonds. The number of nitro groups is 1. The van der Waals surface area contributed by atoms with E-state index in [9.17, 15) is 14.9 Å². The van der Waals surface area contributed by atoms with Gasteiger partial charge in [-0.05, 0) is 6.07 Å². The summed E-state index contributed by atoms with van der Waals surface area (Å²) in [7, 11) is 1.47. The van der Waals surface area contributed by atoms with Crippen LogP contribution in [0.3, 0.4) is 0 Å². The third-order valence-electron chi connectivity index (χ3n) is 2.26. The summed E-state index contributed by atoms with van der Waals surface area (Å²) >= 11 is 0. The van der Waals surface area contributed by atoms with Crippen LogP contribution in [0.15, 0.2) is 18.2 Å². The van der Waals surface area contributed by atoms with E-state index in [4.69, 9.17) is 4.74 Å². The molecule has 0 fully saturated rings. The zero-order valence-electron chi connectivity index (χ0n) is 9.23. The summed E-state index contributed by atoms with van der Waals surface area (Å²) in [5.41, 5.74) is 0.531. The highest BCUT2D eigenvalue weighted by molar-refractivity contribution is 5.81. The number of nitrogens with zero attached hydrogens (tertiary/aromatic N) is 1. The predicted octanol–water partition coefficient (Wildman–Crippen LogP) is 2.12. The number of ether oxygens (including phenoxy) is 1. The zero-order valence-corrected chi connectivity index (χ0v) is 9.23. The topological polar surface area (TPSA) is 69.4 Å². The Labute approximate surface area is 93.2 Å². The number of rotatable bonds is 5. The van der Waals surface area contributed by atoms with Crippen LogP contribution in [0.1, 0.15) is 18.9 Å². The molecule has 86 valence electrons. The van der Waals surface area contributed by atoms with E-state index in [0.717, 1.165) is 0 Å². The minimum atomic E-state index is -0.487. The highest BCUT2D eigenvalue weighted by Gasteiger charge is 2.13. The van der Waals surface area contributed by atoms with Gasteiger partial charge in [-0.1, -0.05) is 6.92 Å². The summed E-state index contributed by atoms with van der Waals surface area (Å²) in [6, 6.07) is 4.25. The van der Waals surface area contributed by atoms with E-state index in [2.05, 4.69) is 0 Å². The Morgan fingerprint density at radius 2 is 2.19 bits per heavy atom. The first-order valence-electron chi connectivity index (χ1n) is 4.91. The van der Waals surface area contributed by atoms with Crippen molar-refractivity contribution in [1.82, 2.24) is 0 Å². The lowest BCUT2D eigenvalue weighted by Crippen LogP contribution is -2.03. The van der Waals surface area contributed by atoms with Crippen molar-refractivity contribution >= 4 is 11.5 Å². The Balaban J connectivity index is 3.06. The van der Waals surface area contributed by atoms with Gasteiger partial charge in [0.15, 0.2) is 0 Å². The molecule has 0 atom stereocenters. The van der Waals surface area contributed by atoms with Crippen molar-refractivity contribution in [2.45, 2.75) is 19.8 Å². The second kappa shape index (κ2) is 5.25. The standard InChI is InChI=1S/C11H13NO4/c1-3-10(13)7-8-6-9(12(14)15)4-5-11(8)16-2/h4-6H,3,7H2,1-2H3. The first kappa shape index (κ1) is 12.2. The lowest BCUT2D eigenvalue weighted by molar-refractivity contribution is -0.384. The van der Waals surface area contributed by atoms with Gasteiger partial charge in [0.05, 0.1) is 12.0 Å². The third-order valence-corrected chi connectivity index (χ3v) is 2.26. The molecule has 5 nitrogen and oxygen atoms in total. The minimum Gasteiger partial charge on any atom is -0.496 e. The van der Waals surface area contributed by atoms with E-state index >= 15 is 0 Å². The van der Waals surface area contributed by atoms with E-state index < -0.39 is 4.92 Å². The maximum absolute atomic E-state index is 11.3. The number of nitro benzene ring substituents is 1. The third kappa shape index (κ3) is 2.79. The molecule has 0 saturated carbocycles. The van der Waals surface area contributed by atoms with Crippen molar-refractivity contribution < 1.29 is 14.5 Å². The summed E-state index contributed by atoms with van der Waals surface area (Å²) in [5, 5.41) is 10.6. The zero-order chi connectivity index (χ0) is 12.1. The summed E-state index contributed by atoms with van der Waals surface area (Å²) < 4.78 is 5.05. The molecule has 0 unspecified atom stereocenters. The Hall–Kier alpha value is -1.91. The fourth-order valence-corrected chi connectivity index (χ4v) is 1.35. The summed E-state index contributed by atoms with van der Waals surface area (Å²) in [6.45, 7) is 1.76. The molecular formula is C11H13NO4. The molecule has 0 heterocycles. The molecule has 1 aromatic rings. The van der Waals surface area contributed by atoms with Crippen LogP contribution in [0.5, 0.6) is 5.75 Å². The van der Waals surface area contributed by atoms with Crippen LogP contribution in [-0.4, -0.2) is 17.8 Å². The van der Waals surface area contributed by atoms with Crippen LogP contribution in [0, 0.1) is 10.1 Å². The van der Waals surface area contributed by atoms with Gasteiger partial charge in [0.1, 0.15) is 11.5 Å². The van der Waals surface area contributed by atoms with Crippen molar-refractivity contribution in [1.29, 1.82) is 0 Å². The summed E-state index contributed by atoms with van der Waals surface area (Å²) in [5.74, 6) is 0.534. The number of non-ortho nitro benzene ring substituents is 1. The molecule has 0 radical (unpaired) electrons. The molecule has 0 bridgehead atoms. The average Bonchev–Trinajstić information content (AvgIpc) is 2.28. The summed E-state index contributed by atoms with van der Waals surface area (Å²) in [4.78, 5) is 21.4. The first-order chi connectivity index (χ1) is 7.58. The predicted molar refractivity (Wildman–Crippen MR) is 58.7 cm³/mol. The normalized spacial score (nSPS) is 9.88. The van der Waals surface area contributed by atoms with Crippen LogP contribution < -0.4 is 4.74 Å². The van der Waals surface area contributed by atoms with Gasteiger partial charge in [0, 0.05) is 30.5 Å². The molecule has 1 aromatic carbocycles. The first-order valence-corrected chi connectivity index (χ1v) is 4.91. The van der Waals surface area contributed by atoms with Crippen molar-refractivity contribution in [2.24, 2.45) is 0 Å². The summed E-state index contributed by atoms with van der Waals surface area (Å²) in [6.07, 6.45) is 0.577. The number of hydrogen-bond acceptors (Lipinski definition) is 4. The number of ketones is 1. The highest BCUT2D eigenvalue weighted by Crippen LogP contribution is 2.24. The Bertz CT molecular complexity index is 414. The average molecular weight is 223 g/mol. The minimum absolute atomic E-state index is 0.0267. The SMILES string of the molecule is CCC(=O)Cc1cc([N+](=O)[O-])ccc1OC. The van der Waals surface area contributed by atoms with Gasteiger partial charge in [-0.15, -0.1) is 0 Å². The van der Waals surface area contributed by atoms with Gasteiger partial charge < -0.3 is 4.74 Å². The van der Waals surface area contributed by atoms with Gasteiger partial charge in [0.2, 0.25) is 0 Å². The molecule has 1 rings (SSSR count). The van der Waals surface area contributed by atoms with Crippen molar-refractivity contribution in [3.63, 3.8) is 0 Å². The van der Waals surface area contributed by atoms with E-state index in [1.165, 1.54) is 25.3 Å². The van der Waals surface area contributed by atoms with E-state index in [0.29, 0.717) is 17.7 Å². The van der Waals surface area contributed by atoms with E-state index in [1.807, 2.05) is 0 Å². The Morgan fingerprint density at radius 1 is 1.50 bits per heavy atom. The Kier molecular flexibility index (Phi) is 3.99. The molecule has 0 spiro atoms. The maximum Gasteiger partial charge on any atom is 0.269 e. The van der Waals surface area contributed by atoms with Gasteiger partial charge in [-0.2, -0.15) is 0 Å². The fourth-order valence-electron chi connectivity index (χ4n) is 1.35. The number of Topliss-reactive ketones (excluding diaryl/α,β-unsaturated/α-hetero) is 1. The Morgan fingerprint density at radius 3 is 2.69 bits per heavy atom. The molecule has 0 aromatic heterocycles.